The van der Waals surface area contributed by atoms with Crippen LogP contribution in [0, 0.1) is 46.2 Å². The average Bonchev–Trinajstić information content (AvgIpc) is 3.32. The molecule has 0 bridgehead atoms. The van der Waals surface area contributed by atoms with Crippen LogP contribution in [0.3, 0.4) is 0 Å². The maximum atomic E-state index is 14.2. The van der Waals surface area contributed by atoms with Gasteiger partial charge in [-0.3, -0.25) is 4.79 Å². The smallest absolute Gasteiger partial charge is 0.242 e. The van der Waals surface area contributed by atoms with Crippen LogP contribution in [0.25, 0.3) is 0 Å². The summed E-state index contributed by atoms with van der Waals surface area (Å²) in [6.07, 6.45) is 12.5. The molecule has 1 heterocycles. The molecule has 8 atom stereocenters. The maximum Gasteiger partial charge on any atom is 0.242 e. The van der Waals surface area contributed by atoms with Gasteiger partial charge in [0.2, 0.25) is 5.91 Å². The van der Waals surface area contributed by atoms with Crippen LogP contribution in [0.15, 0.2) is 29.4 Å². The van der Waals surface area contributed by atoms with E-state index in [1.807, 2.05) is 13.0 Å². The molecule has 1 aliphatic heterocycles. The Hall–Kier alpha value is -1.71. The molecule has 5 aliphatic rings. The third kappa shape index (κ3) is 3.04. The lowest BCUT2D eigenvalue weighted by Crippen LogP contribution is -2.52. The number of nitrogens with zero attached hydrogens (tertiary/aromatic N) is 2. The van der Waals surface area contributed by atoms with E-state index in [9.17, 15) is 9.18 Å². The van der Waals surface area contributed by atoms with Gasteiger partial charge in [0.1, 0.15) is 5.82 Å². The molecule has 1 aromatic rings. The minimum Gasteiger partial charge on any atom is -0.273 e. The highest BCUT2D eigenvalue weighted by Crippen LogP contribution is 2.68. The largest absolute Gasteiger partial charge is 0.273 e. The molecule has 4 saturated carbocycles. The Kier molecular flexibility index (Phi) is 5.05. The number of rotatable bonds is 2. The van der Waals surface area contributed by atoms with Crippen LogP contribution >= 0.6 is 0 Å². The SMILES string of the molecule is CCC(=O)N1N=C2[C@H](C[C@@H]3[C@H]4CC[C@H]5CCCC[C@]5(C)[C@@H]4CC[C@]23C)[C@@H]1c1cccc(F)c1. The molecule has 0 spiro atoms. The molecule has 1 aromatic carbocycles. The third-order valence-corrected chi connectivity index (χ3v) is 11.0. The summed E-state index contributed by atoms with van der Waals surface area (Å²) in [5.41, 5.74) is 2.76. The number of halogens is 1. The first-order valence-electron chi connectivity index (χ1n) is 13.5. The summed E-state index contributed by atoms with van der Waals surface area (Å²) in [5, 5.41) is 6.80. The molecule has 4 aliphatic carbocycles. The van der Waals surface area contributed by atoms with E-state index in [0.29, 0.717) is 17.8 Å². The lowest BCUT2D eigenvalue weighted by Gasteiger charge is -2.59. The van der Waals surface area contributed by atoms with Crippen LogP contribution in [0.1, 0.15) is 96.6 Å². The lowest BCUT2D eigenvalue weighted by molar-refractivity contribution is -0.133. The van der Waals surface area contributed by atoms with Crippen molar-refractivity contribution in [1.29, 1.82) is 0 Å². The van der Waals surface area contributed by atoms with E-state index < -0.39 is 0 Å². The van der Waals surface area contributed by atoms with Gasteiger partial charge in [-0.15, -0.1) is 0 Å². The predicted octanol–water partition coefficient (Wildman–Crippen LogP) is 7.13. The summed E-state index contributed by atoms with van der Waals surface area (Å²) in [7, 11) is 0. The fraction of sp³-hybridized carbons (Fsp3) is 0.724. The van der Waals surface area contributed by atoms with Gasteiger partial charge < -0.3 is 0 Å². The van der Waals surface area contributed by atoms with E-state index in [1.165, 1.54) is 63.1 Å². The van der Waals surface area contributed by atoms with Crippen LogP contribution in [0.4, 0.5) is 4.39 Å². The van der Waals surface area contributed by atoms with E-state index in [1.54, 1.807) is 17.1 Å². The van der Waals surface area contributed by atoms with Crippen LogP contribution in [0.2, 0.25) is 0 Å². The Morgan fingerprint density at radius 1 is 1.12 bits per heavy atom. The molecule has 4 heteroatoms. The minimum absolute atomic E-state index is 0.0511. The lowest BCUT2D eigenvalue weighted by atomic mass is 9.45. The number of hydrogen-bond acceptors (Lipinski definition) is 2. The summed E-state index contributed by atoms with van der Waals surface area (Å²) < 4.78 is 14.2. The highest BCUT2D eigenvalue weighted by molar-refractivity contribution is 5.98. The molecular weight excluding hydrogens is 411 g/mol. The summed E-state index contributed by atoms with van der Waals surface area (Å²) in [5.74, 6) is 3.25. The molecule has 4 fully saturated rings. The third-order valence-electron chi connectivity index (χ3n) is 11.0. The second kappa shape index (κ2) is 7.65. The fourth-order valence-electron chi connectivity index (χ4n) is 9.43. The van der Waals surface area contributed by atoms with Crippen molar-refractivity contribution in [2.75, 3.05) is 0 Å². The van der Waals surface area contributed by atoms with Gasteiger partial charge >= 0.3 is 0 Å². The van der Waals surface area contributed by atoms with Gasteiger partial charge in [-0.2, -0.15) is 5.10 Å². The molecule has 0 radical (unpaired) electrons. The monoisotopic (exact) mass is 450 g/mol. The summed E-state index contributed by atoms with van der Waals surface area (Å²) >= 11 is 0. The standard InChI is InChI=1S/C29H39FN2O/c1-4-25(33)32-26(18-8-7-10-20(30)16-18)22-17-24-21-12-11-19-9-5-6-14-28(19,2)23(21)13-15-29(24,3)27(22)31-32/h7-8,10,16,19,21-24,26H,4-6,9,11-15,17H2,1-3H3/t19-,21+,22-,23-,24-,26+,28+,29+/m1/s1. The highest BCUT2D eigenvalue weighted by atomic mass is 19.1. The van der Waals surface area contributed by atoms with Gasteiger partial charge in [0.05, 0.1) is 11.8 Å². The molecule has 1 amide bonds. The van der Waals surface area contributed by atoms with Gasteiger partial charge in [0, 0.05) is 17.8 Å². The first-order valence-corrected chi connectivity index (χ1v) is 13.5. The van der Waals surface area contributed by atoms with Crippen molar-refractivity contribution in [3.05, 3.63) is 35.6 Å². The Labute approximate surface area is 198 Å². The number of hydrogen-bond donors (Lipinski definition) is 0. The first kappa shape index (κ1) is 21.8. The van der Waals surface area contributed by atoms with Crippen molar-refractivity contribution in [2.45, 2.75) is 91.0 Å². The topological polar surface area (TPSA) is 32.7 Å². The first-order chi connectivity index (χ1) is 15.9. The van der Waals surface area contributed by atoms with Gasteiger partial charge in [-0.05, 0) is 91.7 Å². The Balaban J connectivity index is 1.37. The predicted molar refractivity (Wildman–Crippen MR) is 129 cm³/mol. The van der Waals surface area contributed by atoms with Crippen LogP contribution in [-0.4, -0.2) is 16.6 Å². The van der Waals surface area contributed by atoms with E-state index in [2.05, 4.69) is 13.8 Å². The van der Waals surface area contributed by atoms with Crippen LogP contribution in [0.5, 0.6) is 0 Å². The van der Waals surface area contributed by atoms with Gasteiger partial charge in [0.15, 0.2) is 0 Å². The van der Waals surface area contributed by atoms with Crippen molar-refractivity contribution in [3.63, 3.8) is 0 Å². The molecule has 0 N–H and O–H groups in total. The van der Waals surface area contributed by atoms with Gasteiger partial charge in [-0.1, -0.05) is 45.7 Å². The zero-order chi connectivity index (χ0) is 23.0. The Morgan fingerprint density at radius 3 is 2.76 bits per heavy atom. The average molecular weight is 451 g/mol. The van der Waals surface area contributed by atoms with Gasteiger partial charge in [-0.25, -0.2) is 9.40 Å². The van der Waals surface area contributed by atoms with E-state index >= 15 is 0 Å². The zero-order valence-electron chi connectivity index (χ0n) is 20.5. The molecule has 0 aromatic heterocycles. The summed E-state index contributed by atoms with van der Waals surface area (Å²) in [6, 6.07) is 6.74. The quantitative estimate of drug-likeness (QED) is 0.471. The molecule has 33 heavy (non-hydrogen) atoms. The van der Waals surface area contributed by atoms with Crippen LogP contribution in [-0.2, 0) is 4.79 Å². The number of carbonyl (C=O) groups is 1. The molecule has 3 nitrogen and oxygen atoms in total. The second-order valence-corrected chi connectivity index (χ2v) is 12.3. The number of amides is 1. The fourth-order valence-corrected chi connectivity index (χ4v) is 9.43. The maximum absolute atomic E-state index is 14.2. The molecular formula is C29H39FN2O. The molecule has 0 saturated heterocycles. The van der Waals surface area contributed by atoms with Crippen molar-refractivity contribution in [1.82, 2.24) is 5.01 Å². The second-order valence-electron chi connectivity index (χ2n) is 12.3. The molecule has 178 valence electrons. The zero-order valence-corrected chi connectivity index (χ0v) is 20.5. The number of fused-ring (bicyclic) bond motifs is 7. The molecule has 6 rings (SSSR count). The Morgan fingerprint density at radius 2 is 1.97 bits per heavy atom. The van der Waals surface area contributed by atoms with Crippen molar-refractivity contribution < 1.29 is 9.18 Å². The Bertz CT molecular complexity index is 990. The van der Waals surface area contributed by atoms with Crippen molar-refractivity contribution in [2.24, 2.45) is 45.5 Å². The number of benzene rings is 1. The van der Waals surface area contributed by atoms with Crippen LogP contribution < -0.4 is 0 Å². The summed E-state index contributed by atoms with van der Waals surface area (Å²) in [4.78, 5) is 12.9. The molecule has 0 unspecified atom stereocenters. The number of hydrazone groups is 1. The normalized spacial score (nSPS) is 43.9. The van der Waals surface area contributed by atoms with E-state index in [4.69, 9.17) is 5.10 Å². The minimum atomic E-state index is -0.227. The summed E-state index contributed by atoms with van der Waals surface area (Å²) in [6.45, 7) is 6.98. The van der Waals surface area contributed by atoms with Crippen molar-refractivity contribution in [3.8, 4) is 0 Å². The highest BCUT2D eigenvalue weighted by Gasteiger charge is 2.64. The van der Waals surface area contributed by atoms with E-state index in [0.717, 1.165) is 29.7 Å². The van der Waals surface area contributed by atoms with E-state index in [-0.39, 0.29) is 29.1 Å². The number of carbonyl (C=O) groups excluding carboxylic acids is 1. The van der Waals surface area contributed by atoms with Crippen molar-refractivity contribution >= 4 is 11.6 Å². The van der Waals surface area contributed by atoms with Gasteiger partial charge in [0.25, 0.3) is 0 Å².